The van der Waals surface area contributed by atoms with E-state index in [2.05, 4.69) is 15.3 Å². The molecule has 1 N–H and O–H groups in total. The lowest BCUT2D eigenvalue weighted by Crippen LogP contribution is -2.09. The zero-order valence-corrected chi connectivity index (χ0v) is 14.5. The van der Waals surface area contributed by atoms with E-state index in [-0.39, 0.29) is 11.9 Å². The number of nitrogens with one attached hydrogen (secondary N) is 1. The Balaban J connectivity index is 1.89. The first-order valence-corrected chi connectivity index (χ1v) is 8.08. The molecular formula is C20H20FN3O. The van der Waals surface area contributed by atoms with Gasteiger partial charge in [-0.2, -0.15) is 0 Å². The van der Waals surface area contributed by atoms with Crippen LogP contribution < -0.4 is 10.1 Å². The summed E-state index contributed by atoms with van der Waals surface area (Å²) in [5, 5.41) is 3.35. The Hall–Kier alpha value is -2.95. The third-order valence-corrected chi connectivity index (χ3v) is 3.95. The van der Waals surface area contributed by atoms with Gasteiger partial charge in [0.25, 0.3) is 0 Å². The molecule has 0 saturated carbocycles. The SMILES string of the molecule is COc1cccc(C(C)Nc2cc(-c3ccccc3F)nc(C)n2)c1. The van der Waals surface area contributed by atoms with Gasteiger partial charge in [0, 0.05) is 11.6 Å². The van der Waals surface area contributed by atoms with Crippen molar-refractivity contribution >= 4 is 5.82 Å². The topological polar surface area (TPSA) is 47.0 Å². The summed E-state index contributed by atoms with van der Waals surface area (Å²) in [6.07, 6.45) is 0. The number of ether oxygens (including phenoxy) is 1. The number of hydrogen-bond acceptors (Lipinski definition) is 4. The van der Waals surface area contributed by atoms with Crippen LogP contribution in [0.2, 0.25) is 0 Å². The lowest BCUT2D eigenvalue weighted by Gasteiger charge is -2.17. The number of benzene rings is 2. The van der Waals surface area contributed by atoms with E-state index in [1.807, 2.05) is 31.2 Å². The summed E-state index contributed by atoms with van der Waals surface area (Å²) < 4.78 is 19.3. The standard InChI is InChI=1S/C20H20FN3O/c1-13(15-7-6-8-16(11-15)25-3)22-20-12-19(23-14(2)24-20)17-9-4-5-10-18(17)21/h4-13H,1-3H3,(H,22,23,24). The molecule has 1 heterocycles. The molecule has 4 nitrogen and oxygen atoms in total. The van der Waals surface area contributed by atoms with E-state index in [1.54, 1.807) is 38.3 Å². The van der Waals surface area contributed by atoms with Crippen LogP contribution in [0.4, 0.5) is 10.2 Å². The molecule has 0 radical (unpaired) electrons. The van der Waals surface area contributed by atoms with Gasteiger partial charge in [-0.05, 0) is 43.7 Å². The predicted molar refractivity (Wildman–Crippen MR) is 97.2 cm³/mol. The van der Waals surface area contributed by atoms with E-state index >= 15 is 0 Å². The van der Waals surface area contributed by atoms with Gasteiger partial charge >= 0.3 is 0 Å². The first kappa shape index (κ1) is 16.9. The molecule has 3 rings (SSSR count). The van der Waals surface area contributed by atoms with Gasteiger partial charge in [-0.25, -0.2) is 14.4 Å². The van der Waals surface area contributed by atoms with Gasteiger partial charge in [0.2, 0.25) is 0 Å². The molecule has 0 spiro atoms. The molecule has 3 aromatic rings. The van der Waals surface area contributed by atoms with Gasteiger partial charge in [-0.3, -0.25) is 0 Å². The van der Waals surface area contributed by atoms with Gasteiger partial charge in [-0.1, -0.05) is 24.3 Å². The first-order valence-electron chi connectivity index (χ1n) is 8.08. The van der Waals surface area contributed by atoms with Crippen LogP contribution in [0, 0.1) is 12.7 Å². The summed E-state index contributed by atoms with van der Waals surface area (Å²) in [4.78, 5) is 8.78. The second-order valence-corrected chi connectivity index (χ2v) is 5.81. The second kappa shape index (κ2) is 7.30. The normalized spacial score (nSPS) is 11.8. The zero-order chi connectivity index (χ0) is 17.8. The Kier molecular flexibility index (Phi) is 4.93. The predicted octanol–water partition coefficient (Wildman–Crippen LogP) is 4.77. The number of aryl methyl sites for hydroxylation is 1. The van der Waals surface area contributed by atoms with E-state index in [0.717, 1.165) is 11.3 Å². The van der Waals surface area contributed by atoms with Gasteiger partial charge in [0.15, 0.2) is 0 Å². The van der Waals surface area contributed by atoms with Crippen LogP contribution in [0.15, 0.2) is 54.6 Å². The minimum absolute atomic E-state index is 0.0119. The van der Waals surface area contributed by atoms with Crippen LogP contribution in [-0.4, -0.2) is 17.1 Å². The van der Waals surface area contributed by atoms with E-state index < -0.39 is 0 Å². The maximum Gasteiger partial charge on any atom is 0.132 e. The van der Waals surface area contributed by atoms with E-state index in [9.17, 15) is 4.39 Å². The van der Waals surface area contributed by atoms with Crippen molar-refractivity contribution in [1.29, 1.82) is 0 Å². The molecular weight excluding hydrogens is 317 g/mol. The quantitative estimate of drug-likeness (QED) is 0.728. The highest BCUT2D eigenvalue weighted by molar-refractivity contribution is 5.63. The largest absolute Gasteiger partial charge is 0.497 e. The van der Waals surface area contributed by atoms with Crippen LogP contribution in [-0.2, 0) is 0 Å². The number of anilines is 1. The molecule has 0 aliphatic rings. The van der Waals surface area contributed by atoms with Crippen LogP contribution in [0.25, 0.3) is 11.3 Å². The molecule has 0 saturated heterocycles. The lowest BCUT2D eigenvalue weighted by molar-refractivity contribution is 0.414. The molecule has 128 valence electrons. The number of hydrogen-bond donors (Lipinski definition) is 1. The number of rotatable bonds is 5. The molecule has 0 aliphatic carbocycles. The van der Waals surface area contributed by atoms with Gasteiger partial charge < -0.3 is 10.1 Å². The Bertz CT molecular complexity index is 882. The van der Waals surface area contributed by atoms with E-state index in [1.165, 1.54) is 6.07 Å². The number of halogens is 1. The number of aromatic nitrogens is 2. The fourth-order valence-electron chi connectivity index (χ4n) is 2.66. The zero-order valence-electron chi connectivity index (χ0n) is 14.5. The van der Waals surface area contributed by atoms with Crippen molar-refractivity contribution < 1.29 is 9.13 Å². The minimum Gasteiger partial charge on any atom is -0.497 e. The van der Waals surface area contributed by atoms with E-state index in [0.29, 0.717) is 22.9 Å². The third-order valence-electron chi connectivity index (χ3n) is 3.95. The minimum atomic E-state index is -0.299. The Morgan fingerprint density at radius 3 is 2.60 bits per heavy atom. The molecule has 25 heavy (non-hydrogen) atoms. The average molecular weight is 337 g/mol. The molecule has 0 aliphatic heterocycles. The smallest absolute Gasteiger partial charge is 0.132 e. The van der Waals surface area contributed by atoms with Crippen molar-refractivity contribution in [2.75, 3.05) is 12.4 Å². The highest BCUT2D eigenvalue weighted by Crippen LogP contribution is 2.26. The Labute approximate surface area is 146 Å². The summed E-state index contributed by atoms with van der Waals surface area (Å²) in [6.45, 7) is 3.83. The average Bonchev–Trinajstić information content (AvgIpc) is 2.61. The molecule has 0 fully saturated rings. The Morgan fingerprint density at radius 1 is 1.04 bits per heavy atom. The first-order chi connectivity index (χ1) is 12.1. The van der Waals surface area contributed by atoms with Crippen LogP contribution in [0.1, 0.15) is 24.4 Å². The van der Waals surface area contributed by atoms with Gasteiger partial charge in [0.1, 0.15) is 23.2 Å². The number of methoxy groups -OCH3 is 1. The molecule has 0 bridgehead atoms. The van der Waals surface area contributed by atoms with Crippen molar-refractivity contribution in [3.05, 3.63) is 71.8 Å². The molecule has 1 unspecified atom stereocenters. The molecule has 2 aromatic carbocycles. The summed E-state index contributed by atoms with van der Waals surface area (Å²) in [7, 11) is 1.64. The van der Waals surface area contributed by atoms with Crippen molar-refractivity contribution in [2.24, 2.45) is 0 Å². The van der Waals surface area contributed by atoms with Crippen LogP contribution in [0.3, 0.4) is 0 Å². The number of nitrogens with zero attached hydrogens (tertiary/aromatic N) is 2. The van der Waals surface area contributed by atoms with Crippen LogP contribution in [0.5, 0.6) is 5.75 Å². The Morgan fingerprint density at radius 2 is 1.84 bits per heavy atom. The third kappa shape index (κ3) is 3.94. The maximum absolute atomic E-state index is 14.1. The molecule has 1 atom stereocenters. The van der Waals surface area contributed by atoms with Crippen molar-refractivity contribution in [3.63, 3.8) is 0 Å². The van der Waals surface area contributed by atoms with E-state index in [4.69, 9.17) is 4.74 Å². The fraction of sp³-hybridized carbons (Fsp3) is 0.200. The second-order valence-electron chi connectivity index (χ2n) is 5.81. The summed E-state index contributed by atoms with van der Waals surface area (Å²) in [5.41, 5.74) is 2.10. The lowest BCUT2D eigenvalue weighted by atomic mass is 10.1. The van der Waals surface area contributed by atoms with Gasteiger partial charge in [0.05, 0.1) is 18.8 Å². The molecule has 0 amide bonds. The highest BCUT2D eigenvalue weighted by Gasteiger charge is 2.11. The van der Waals surface area contributed by atoms with Gasteiger partial charge in [-0.15, -0.1) is 0 Å². The van der Waals surface area contributed by atoms with Crippen molar-refractivity contribution in [1.82, 2.24) is 9.97 Å². The van der Waals surface area contributed by atoms with Crippen molar-refractivity contribution in [3.8, 4) is 17.0 Å². The maximum atomic E-state index is 14.1. The monoisotopic (exact) mass is 337 g/mol. The molecule has 5 heteroatoms. The summed E-state index contributed by atoms with van der Waals surface area (Å²) in [6, 6.07) is 16.2. The fourth-order valence-corrected chi connectivity index (χ4v) is 2.66. The summed E-state index contributed by atoms with van der Waals surface area (Å²) >= 11 is 0. The van der Waals surface area contributed by atoms with Crippen LogP contribution >= 0.6 is 0 Å². The molecule has 1 aromatic heterocycles. The summed E-state index contributed by atoms with van der Waals surface area (Å²) in [5.74, 6) is 1.74. The highest BCUT2D eigenvalue weighted by atomic mass is 19.1. The van der Waals surface area contributed by atoms with Crippen molar-refractivity contribution in [2.45, 2.75) is 19.9 Å².